The van der Waals surface area contributed by atoms with E-state index in [1.807, 2.05) is 18.2 Å². The largest absolute Gasteiger partial charge is 0.299 e. The van der Waals surface area contributed by atoms with Crippen LogP contribution < -0.4 is 0 Å². The van der Waals surface area contributed by atoms with Gasteiger partial charge in [-0.1, -0.05) is 48.0 Å². The second-order valence-corrected chi connectivity index (χ2v) is 5.66. The maximum atomic E-state index is 13.1. The molecule has 0 aliphatic heterocycles. The summed E-state index contributed by atoms with van der Waals surface area (Å²) in [5.74, 6) is 0.207. The van der Waals surface area contributed by atoms with E-state index in [1.54, 1.807) is 6.07 Å². The van der Waals surface area contributed by atoms with E-state index in [9.17, 15) is 9.18 Å². The second-order valence-electron chi connectivity index (χ2n) is 5.25. The van der Waals surface area contributed by atoms with Crippen LogP contribution in [0.25, 0.3) is 0 Å². The highest BCUT2D eigenvalue weighted by molar-refractivity contribution is 6.30. The maximum absolute atomic E-state index is 13.1. The van der Waals surface area contributed by atoms with Crippen LogP contribution in [0.2, 0.25) is 5.02 Å². The lowest BCUT2D eigenvalue weighted by Crippen LogP contribution is -2.06. The molecule has 1 fully saturated rings. The van der Waals surface area contributed by atoms with Crippen LogP contribution in [0.3, 0.4) is 0 Å². The molecule has 1 saturated carbocycles. The van der Waals surface area contributed by atoms with E-state index in [0.717, 1.165) is 12.0 Å². The van der Waals surface area contributed by atoms with E-state index in [0.29, 0.717) is 12.3 Å². The SMILES string of the molecule is O=C(Cc1ccc(F)c(Cl)c1)C1CC1c1ccccc1. The van der Waals surface area contributed by atoms with Crippen molar-refractivity contribution >= 4 is 17.4 Å². The molecule has 3 heteroatoms. The van der Waals surface area contributed by atoms with Gasteiger partial charge in [-0.15, -0.1) is 0 Å². The highest BCUT2D eigenvalue weighted by Crippen LogP contribution is 2.48. The summed E-state index contributed by atoms with van der Waals surface area (Å²) in [6.45, 7) is 0. The molecule has 2 unspecified atom stereocenters. The summed E-state index contributed by atoms with van der Waals surface area (Å²) in [4.78, 5) is 12.2. The molecule has 102 valence electrons. The average Bonchev–Trinajstić information content (AvgIpc) is 3.24. The van der Waals surface area contributed by atoms with Crippen molar-refractivity contribution in [2.24, 2.45) is 5.92 Å². The lowest BCUT2D eigenvalue weighted by Gasteiger charge is -2.03. The molecule has 20 heavy (non-hydrogen) atoms. The predicted octanol–water partition coefficient (Wildman–Crippen LogP) is 4.39. The molecule has 2 aromatic rings. The topological polar surface area (TPSA) is 17.1 Å². The van der Waals surface area contributed by atoms with Crippen LogP contribution in [0.15, 0.2) is 48.5 Å². The molecule has 0 bridgehead atoms. The van der Waals surface area contributed by atoms with Crippen molar-refractivity contribution < 1.29 is 9.18 Å². The van der Waals surface area contributed by atoms with Crippen LogP contribution >= 0.6 is 11.6 Å². The van der Waals surface area contributed by atoms with Crippen molar-refractivity contribution in [2.75, 3.05) is 0 Å². The van der Waals surface area contributed by atoms with Gasteiger partial charge in [-0.05, 0) is 35.6 Å². The molecule has 0 heterocycles. The summed E-state index contributed by atoms with van der Waals surface area (Å²) >= 11 is 5.73. The minimum Gasteiger partial charge on any atom is -0.299 e. The first-order chi connectivity index (χ1) is 9.65. The quantitative estimate of drug-likeness (QED) is 0.815. The monoisotopic (exact) mass is 288 g/mol. The summed E-state index contributed by atoms with van der Waals surface area (Å²) in [6, 6.07) is 14.6. The van der Waals surface area contributed by atoms with Crippen LogP contribution in [0.1, 0.15) is 23.5 Å². The summed E-state index contributed by atoms with van der Waals surface area (Å²) in [5, 5.41) is 0.0747. The fraction of sp³-hybridized carbons (Fsp3) is 0.235. The molecule has 0 aromatic heterocycles. The minimum absolute atomic E-state index is 0.0747. The van der Waals surface area contributed by atoms with Crippen LogP contribution in [-0.4, -0.2) is 5.78 Å². The van der Waals surface area contributed by atoms with Crippen molar-refractivity contribution in [3.05, 3.63) is 70.5 Å². The lowest BCUT2D eigenvalue weighted by atomic mass is 10.0. The summed E-state index contributed by atoms with van der Waals surface area (Å²) in [6.07, 6.45) is 1.24. The molecule has 1 aliphatic carbocycles. The van der Waals surface area contributed by atoms with Gasteiger partial charge in [-0.2, -0.15) is 0 Å². The van der Waals surface area contributed by atoms with Gasteiger partial charge in [0, 0.05) is 12.3 Å². The van der Waals surface area contributed by atoms with Gasteiger partial charge in [0.2, 0.25) is 0 Å². The van der Waals surface area contributed by atoms with Crippen molar-refractivity contribution in [2.45, 2.75) is 18.8 Å². The van der Waals surface area contributed by atoms with Crippen molar-refractivity contribution in [1.82, 2.24) is 0 Å². The third-order valence-electron chi connectivity index (χ3n) is 3.79. The number of halogens is 2. The molecule has 0 saturated heterocycles. The number of benzene rings is 2. The Balaban J connectivity index is 1.65. The first-order valence-corrected chi connectivity index (χ1v) is 7.04. The highest BCUT2D eigenvalue weighted by Gasteiger charge is 2.43. The van der Waals surface area contributed by atoms with Gasteiger partial charge >= 0.3 is 0 Å². The molecule has 0 amide bonds. The summed E-state index contributed by atoms with van der Waals surface area (Å²) < 4.78 is 13.1. The lowest BCUT2D eigenvalue weighted by molar-refractivity contribution is -0.119. The smallest absolute Gasteiger partial charge is 0.141 e. The fourth-order valence-electron chi connectivity index (χ4n) is 2.60. The van der Waals surface area contributed by atoms with Gasteiger partial charge in [0.05, 0.1) is 5.02 Å². The predicted molar refractivity (Wildman–Crippen MR) is 77.4 cm³/mol. The Kier molecular flexibility index (Phi) is 3.58. The normalized spacial score (nSPS) is 20.7. The number of carbonyl (C=O) groups excluding carboxylic acids is 1. The number of carbonyl (C=O) groups is 1. The molecule has 2 atom stereocenters. The van der Waals surface area contributed by atoms with E-state index in [1.165, 1.54) is 17.7 Å². The maximum Gasteiger partial charge on any atom is 0.141 e. The van der Waals surface area contributed by atoms with Crippen LogP contribution in [-0.2, 0) is 11.2 Å². The summed E-state index contributed by atoms with van der Waals surface area (Å²) in [5.41, 5.74) is 2.00. The first kappa shape index (κ1) is 13.3. The highest BCUT2D eigenvalue weighted by atomic mass is 35.5. The Bertz CT molecular complexity index is 639. The molecule has 3 rings (SSSR count). The van der Waals surface area contributed by atoms with Crippen molar-refractivity contribution in [1.29, 1.82) is 0 Å². The van der Waals surface area contributed by atoms with Gasteiger partial charge in [0.1, 0.15) is 11.6 Å². The molecule has 2 aromatic carbocycles. The Morgan fingerprint density at radius 1 is 1.20 bits per heavy atom. The molecule has 1 aliphatic rings. The first-order valence-electron chi connectivity index (χ1n) is 6.67. The number of ketones is 1. The van der Waals surface area contributed by atoms with Gasteiger partial charge in [0.25, 0.3) is 0 Å². The number of Topliss-reactive ketones (excluding diaryl/α,β-unsaturated/α-hetero) is 1. The molecule has 1 nitrogen and oxygen atoms in total. The zero-order chi connectivity index (χ0) is 14.1. The fourth-order valence-corrected chi connectivity index (χ4v) is 2.80. The number of rotatable bonds is 4. The Labute approximate surface area is 122 Å². The Morgan fingerprint density at radius 2 is 1.95 bits per heavy atom. The van der Waals surface area contributed by atoms with E-state index in [4.69, 9.17) is 11.6 Å². The third kappa shape index (κ3) is 2.75. The molecular weight excluding hydrogens is 275 g/mol. The van der Waals surface area contributed by atoms with Crippen LogP contribution in [0.5, 0.6) is 0 Å². The van der Waals surface area contributed by atoms with Crippen LogP contribution in [0, 0.1) is 11.7 Å². The summed E-state index contributed by atoms with van der Waals surface area (Å²) in [7, 11) is 0. The van der Waals surface area contributed by atoms with Gasteiger partial charge < -0.3 is 0 Å². The molecule has 0 spiro atoms. The number of hydrogen-bond donors (Lipinski definition) is 0. The van der Waals surface area contributed by atoms with Crippen molar-refractivity contribution in [3.63, 3.8) is 0 Å². The zero-order valence-electron chi connectivity index (χ0n) is 10.9. The van der Waals surface area contributed by atoms with E-state index < -0.39 is 5.82 Å². The molecular formula is C17H14ClFO. The van der Waals surface area contributed by atoms with E-state index in [2.05, 4.69) is 12.1 Å². The van der Waals surface area contributed by atoms with E-state index in [-0.39, 0.29) is 16.7 Å². The van der Waals surface area contributed by atoms with Gasteiger partial charge in [-0.3, -0.25) is 4.79 Å². The Hall–Kier alpha value is -1.67. The van der Waals surface area contributed by atoms with Crippen LogP contribution in [0.4, 0.5) is 4.39 Å². The average molecular weight is 289 g/mol. The van der Waals surface area contributed by atoms with Gasteiger partial charge in [-0.25, -0.2) is 4.39 Å². The standard InChI is InChI=1S/C17H14ClFO/c18-15-8-11(6-7-16(15)19)9-17(20)14-10-13(14)12-4-2-1-3-5-12/h1-8,13-14H,9-10H2. The minimum atomic E-state index is -0.448. The molecule has 0 radical (unpaired) electrons. The Morgan fingerprint density at radius 3 is 2.65 bits per heavy atom. The number of hydrogen-bond acceptors (Lipinski definition) is 1. The van der Waals surface area contributed by atoms with Gasteiger partial charge in [0.15, 0.2) is 0 Å². The van der Waals surface area contributed by atoms with Crippen molar-refractivity contribution in [3.8, 4) is 0 Å². The molecule has 0 N–H and O–H groups in total. The van der Waals surface area contributed by atoms with E-state index >= 15 is 0 Å². The third-order valence-corrected chi connectivity index (χ3v) is 4.08. The second kappa shape index (κ2) is 5.37. The zero-order valence-corrected chi connectivity index (χ0v) is 11.6.